The molecule has 5 heteroatoms. The van der Waals surface area contributed by atoms with Gasteiger partial charge < -0.3 is 9.63 Å². The van der Waals surface area contributed by atoms with Crippen LogP contribution in [0.1, 0.15) is 12.6 Å². The number of aromatic nitrogens is 3. The molecule has 0 aromatic carbocycles. The van der Waals surface area contributed by atoms with Gasteiger partial charge in [-0.1, -0.05) is 5.16 Å². The zero-order chi connectivity index (χ0) is 9.97. The molecular formula is C9H11N3O2. The Morgan fingerprint density at radius 2 is 2.43 bits per heavy atom. The van der Waals surface area contributed by atoms with Crippen molar-refractivity contribution in [3.05, 3.63) is 24.2 Å². The summed E-state index contributed by atoms with van der Waals surface area (Å²) in [6.45, 7) is 2.72. The largest absolute Gasteiger partial charge is 0.390 e. The highest BCUT2D eigenvalue weighted by molar-refractivity contribution is 5.54. The molecule has 0 aliphatic carbocycles. The minimum absolute atomic E-state index is 0.106. The van der Waals surface area contributed by atoms with Crippen LogP contribution in [0.25, 0.3) is 11.3 Å². The van der Waals surface area contributed by atoms with Crippen LogP contribution in [0, 0.1) is 0 Å². The number of aryl methyl sites for hydroxylation is 1. The first-order valence-corrected chi connectivity index (χ1v) is 4.42. The highest BCUT2D eigenvalue weighted by atomic mass is 16.5. The third-order valence-corrected chi connectivity index (χ3v) is 1.96. The van der Waals surface area contributed by atoms with E-state index in [1.165, 1.54) is 0 Å². The lowest BCUT2D eigenvalue weighted by molar-refractivity contribution is 0.267. The quantitative estimate of drug-likeness (QED) is 0.791. The van der Waals surface area contributed by atoms with E-state index in [0.29, 0.717) is 11.5 Å². The number of aliphatic hydroxyl groups is 1. The Kier molecular flexibility index (Phi) is 2.32. The molecule has 2 heterocycles. The average molecular weight is 193 g/mol. The lowest BCUT2D eigenvalue weighted by Gasteiger charge is -1.89. The Labute approximate surface area is 81.0 Å². The van der Waals surface area contributed by atoms with Crippen LogP contribution in [0.4, 0.5) is 0 Å². The zero-order valence-corrected chi connectivity index (χ0v) is 7.84. The normalized spacial score (nSPS) is 10.7. The minimum Gasteiger partial charge on any atom is -0.390 e. The molecule has 2 aromatic rings. The van der Waals surface area contributed by atoms with E-state index in [-0.39, 0.29) is 6.61 Å². The molecule has 0 aliphatic heterocycles. The van der Waals surface area contributed by atoms with E-state index in [0.717, 1.165) is 12.1 Å². The molecule has 0 saturated heterocycles. The Hall–Kier alpha value is -1.62. The van der Waals surface area contributed by atoms with Crippen LogP contribution in [0.2, 0.25) is 0 Å². The second kappa shape index (κ2) is 3.63. The van der Waals surface area contributed by atoms with Gasteiger partial charge in [0, 0.05) is 18.8 Å². The van der Waals surface area contributed by atoms with Gasteiger partial charge in [-0.2, -0.15) is 5.10 Å². The molecular weight excluding hydrogens is 182 g/mol. The molecule has 0 spiro atoms. The number of hydrogen-bond acceptors (Lipinski definition) is 4. The van der Waals surface area contributed by atoms with Gasteiger partial charge in [-0.3, -0.25) is 4.68 Å². The van der Waals surface area contributed by atoms with Crippen molar-refractivity contribution in [2.45, 2.75) is 20.1 Å². The number of aliphatic hydroxyl groups excluding tert-OH is 1. The number of hydrogen-bond donors (Lipinski definition) is 1. The maximum Gasteiger partial charge on any atom is 0.170 e. The van der Waals surface area contributed by atoms with E-state index in [1.807, 2.05) is 13.1 Å². The average Bonchev–Trinajstić information content (AvgIpc) is 2.86. The molecule has 14 heavy (non-hydrogen) atoms. The van der Waals surface area contributed by atoms with Gasteiger partial charge in [-0.25, -0.2) is 0 Å². The van der Waals surface area contributed by atoms with Crippen molar-refractivity contribution < 1.29 is 9.63 Å². The van der Waals surface area contributed by atoms with Crippen molar-refractivity contribution in [2.75, 3.05) is 0 Å². The van der Waals surface area contributed by atoms with Gasteiger partial charge in [0.2, 0.25) is 0 Å². The maximum atomic E-state index is 8.81. The molecule has 0 fully saturated rings. The fourth-order valence-corrected chi connectivity index (χ4v) is 1.19. The predicted octanol–water partition coefficient (Wildman–Crippen LogP) is 1.05. The Bertz CT molecular complexity index is 379. The highest BCUT2D eigenvalue weighted by Crippen LogP contribution is 2.19. The lowest BCUT2D eigenvalue weighted by atomic mass is 10.2. The smallest absolute Gasteiger partial charge is 0.170 e. The summed E-state index contributed by atoms with van der Waals surface area (Å²) < 4.78 is 6.84. The maximum absolute atomic E-state index is 8.81. The van der Waals surface area contributed by atoms with Gasteiger partial charge in [0.25, 0.3) is 0 Å². The molecule has 1 N–H and O–H groups in total. The van der Waals surface area contributed by atoms with Crippen molar-refractivity contribution in [3.63, 3.8) is 0 Å². The Morgan fingerprint density at radius 1 is 1.57 bits per heavy atom. The van der Waals surface area contributed by atoms with E-state index in [2.05, 4.69) is 10.3 Å². The van der Waals surface area contributed by atoms with Gasteiger partial charge in [-0.05, 0) is 6.92 Å². The molecule has 0 unspecified atom stereocenters. The second-order valence-corrected chi connectivity index (χ2v) is 2.93. The van der Waals surface area contributed by atoms with Gasteiger partial charge in [-0.15, -0.1) is 0 Å². The van der Waals surface area contributed by atoms with Crippen LogP contribution in [-0.4, -0.2) is 20.0 Å². The molecule has 0 amide bonds. The van der Waals surface area contributed by atoms with Crippen molar-refractivity contribution in [1.29, 1.82) is 0 Å². The first-order valence-electron chi connectivity index (χ1n) is 4.42. The first-order chi connectivity index (χ1) is 6.83. The summed E-state index contributed by atoms with van der Waals surface area (Å²) in [5, 5.41) is 16.6. The van der Waals surface area contributed by atoms with E-state index in [1.54, 1.807) is 16.9 Å². The molecule has 0 bridgehead atoms. The zero-order valence-electron chi connectivity index (χ0n) is 7.84. The van der Waals surface area contributed by atoms with Gasteiger partial charge in [0.05, 0.1) is 18.4 Å². The summed E-state index contributed by atoms with van der Waals surface area (Å²) in [4.78, 5) is 0. The Balaban J connectivity index is 2.29. The fraction of sp³-hybridized carbons (Fsp3) is 0.333. The van der Waals surface area contributed by atoms with Crippen LogP contribution < -0.4 is 0 Å². The van der Waals surface area contributed by atoms with Crippen molar-refractivity contribution >= 4 is 0 Å². The number of nitrogens with zero attached hydrogens (tertiary/aromatic N) is 3. The van der Waals surface area contributed by atoms with E-state index >= 15 is 0 Å². The topological polar surface area (TPSA) is 64.1 Å². The lowest BCUT2D eigenvalue weighted by Crippen LogP contribution is -1.91. The van der Waals surface area contributed by atoms with E-state index in [9.17, 15) is 0 Å². The third kappa shape index (κ3) is 1.54. The van der Waals surface area contributed by atoms with Gasteiger partial charge in [0.1, 0.15) is 5.69 Å². The summed E-state index contributed by atoms with van der Waals surface area (Å²) in [7, 11) is 0. The molecule has 74 valence electrons. The molecule has 2 rings (SSSR count). The minimum atomic E-state index is -0.106. The van der Waals surface area contributed by atoms with E-state index < -0.39 is 0 Å². The van der Waals surface area contributed by atoms with Crippen molar-refractivity contribution in [1.82, 2.24) is 14.9 Å². The molecule has 2 aromatic heterocycles. The molecule has 0 aliphatic rings. The molecule has 0 atom stereocenters. The first kappa shape index (κ1) is 8.96. The van der Waals surface area contributed by atoms with E-state index in [4.69, 9.17) is 9.63 Å². The predicted molar refractivity (Wildman–Crippen MR) is 49.3 cm³/mol. The Morgan fingerprint density at radius 3 is 3.00 bits per heavy atom. The molecule has 0 radical (unpaired) electrons. The van der Waals surface area contributed by atoms with Crippen LogP contribution in [-0.2, 0) is 13.2 Å². The van der Waals surface area contributed by atoms with Crippen LogP contribution in [0.5, 0.6) is 0 Å². The fourth-order valence-electron chi connectivity index (χ4n) is 1.19. The summed E-state index contributed by atoms with van der Waals surface area (Å²) in [5.74, 6) is 0.633. The second-order valence-electron chi connectivity index (χ2n) is 2.93. The SMILES string of the molecule is CCn1cc(-c2cc(CO)no2)cn1. The number of rotatable bonds is 3. The van der Waals surface area contributed by atoms with Crippen LogP contribution >= 0.6 is 0 Å². The summed E-state index contributed by atoms with van der Waals surface area (Å²) in [6, 6.07) is 1.71. The van der Waals surface area contributed by atoms with Crippen molar-refractivity contribution in [2.24, 2.45) is 0 Å². The summed E-state index contributed by atoms with van der Waals surface area (Å²) in [5.41, 5.74) is 1.41. The summed E-state index contributed by atoms with van der Waals surface area (Å²) >= 11 is 0. The standard InChI is InChI=1S/C9H11N3O2/c1-2-12-5-7(4-10-12)9-3-8(6-13)11-14-9/h3-5,13H,2,6H2,1H3. The monoisotopic (exact) mass is 193 g/mol. The third-order valence-electron chi connectivity index (χ3n) is 1.96. The highest BCUT2D eigenvalue weighted by Gasteiger charge is 2.07. The van der Waals surface area contributed by atoms with Crippen LogP contribution in [0.3, 0.4) is 0 Å². The van der Waals surface area contributed by atoms with Gasteiger partial charge in [0.15, 0.2) is 5.76 Å². The molecule has 5 nitrogen and oxygen atoms in total. The van der Waals surface area contributed by atoms with Crippen LogP contribution in [0.15, 0.2) is 23.0 Å². The summed E-state index contributed by atoms with van der Waals surface area (Å²) in [6.07, 6.45) is 3.59. The van der Waals surface area contributed by atoms with Crippen molar-refractivity contribution in [3.8, 4) is 11.3 Å². The van der Waals surface area contributed by atoms with Gasteiger partial charge >= 0.3 is 0 Å². The molecule has 0 saturated carbocycles.